The van der Waals surface area contributed by atoms with E-state index in [0.717, 1.165) is 25.0 Å². The van der Waals surface area contributed by atoms with E-state index in [-0.39, 0.29) is 0 Å². The smallest absolute Gasteiger partial charge is 0.125 e. The molecule has 4 heteroatoms. The average molecular weight is 285 g/mol. The second-order valence-electron chi connectivity index (χ2n) is 4.98. The summed E-state index contributed by atoms with van der Waals surface area (Å²) < 4.78 is 11.3. The highest BCUT2D eigenvalue weighted by Crippen LogP contribution is 2.28. The number of aliphatic hydroxyl groups excluding tert-OH is 1. The first kappa shape index (κ1) is 14.6. The summed E-state index contributed by atoms with van der Waals surface area (Å²) in [6, 6.07) is 5.35. The molecule has 1 unspecified atom stereocenters. The van der Waals surface area contributed by atoms with Crippen molar-refractivity contribution in [2.24, 2.45) is 0 Å². The zero-order valence-electron chi connectivity index (χ0n) is 11.3. The summed E-state index contributed by atoms with van der Waals surface area (Å²) in [6.07, 6.45) is 4.18. The van der Waals surface area contributed by atoms with E-state index in [0.29, 0.717) is 23.5 Å². The number of hydrogen-bond donors (Lipinski definition) is 1. The molecule has 2 rings (SSSR count). The molecular weight excluding hydrogens is 264 g/mol. The van der Waals surface area contributed by atoms with Crippen LogP contribution in [-0.4, -0.2) is 24.4 Å². The lowest BCUT2D eigenvalue weighted by molar-refractivity contribution is 0.0978. The topological polar surface area (TPSA) is 38.7 Å². The van der Waals surface area contributed by atoms with E-state index >= 15 is 0 Å². The summed E-state index contributed by atoms with van der Waals surface area (Å²) in [6.45, 7) is 3.25. The molecule has 0 saturated carbocycles. The second kappa shape index (κ2) is 7.13. The molecule has 2 atom stereocenters. The normalized spacial score (nSPS) is 20.5. The molecule has 19 heavy (non-hydrogen) atoms. The molecular formula is C15H21ClO3. The Balaban J connectivity index is 1.81. The first-order valence-corrected chi connectivity index (χ1v) is 7.26. The van der Waals surface area contributed by atoms with Gasteiger partial charge in [0.25, 0.3) is 0 Å². The van der Waals surface area contributed by atoms with Crippen LogP contribution < -0.4 is 4.74 Å². The number of aliphatic hydroxyl groups is 1. The van der Waals surface area contributed by atoms with E-state index in [2.05, 4.69) is 0 Å². The number of rotatable bonds is 6. The van der Waals surface area contributed by atoms with Crippen molar-refractivity contribution in [1.82, 2.24) is 0 Å². The maximum Gasteiger partial charge on any atom is 0.125 e. The van der Waals surface area contributed by atoms with E-state index in [1.165, 1.54) is 12.8 Å². The maximum atomic E-state index is 9.70. The molecule has 1 aliphatic heterocycles. The van der Waals surface area contributed by atoms with Gasteiger partial charge in [0.15, 0.2) is 0 Å². The minimum absolute atomic E-state index is 0.407. The molecule has 1 fully saturated rings. The van der Waals surface area contributed by atoms with Crippen LogP contribution in [0.4, 0.5) is 0 Å². The monoisotopic (exact) mass is 284 g/mol. The maximum absolute atomic E-state index is 9.70. The van der Waals surface area contributed by atoms with Crippen LogP contribution in [0.3, 0.4) is 0 Å². The van der Waals surface area contributed by atoms with Gasteiger partial charge in [-0.2, -0.15) is 0 Å². The van der Waals surface area contributed by atoms with Gasteiger partial charge in [0.2, 0.25) is 0 Å². The Morgan fingerprint density at radius 2 is 2.37 bits per heavy atom. The molecule has 0 aromatic heterocycles. The Morgan fingerprint density at radius 1 is 1.53 bits per heavy atom. The van der Waals surface area contributed by atoms with Crippen molar-refractivity contribution >= 4 is 11.6 Å². The fourth-order valence-electron chi connectivity index (χ4n) is 2.34. The van der Waals surface area contributed by atoms with Gasteiger partial charge in [-0.3, -0.25) is 0 Å². The van der Waals surface area contributed by atoms with Gasteiger partial charge >= 0.3 is 0 Å². The van der Waals surface area contributed by atoms with Crippen LogP contribution in [0, 0.1) is 0 Å². The molecule has 3 nitrogen and oxygen atoms in total. The SMILES string of the molecule is C[C@H](O)c1cc(Cl)ccc1OCCCC1CCCO1. The molecule has 1 N–H and O–H groups in total. The third-order valence-corrected chi connectivity index (χ3v) is 3.61. The minimum atomic E-state index is -0.577. The quantitative estimate of drug-likeness (QED) is 0.809. The van der Waals surface area contributed by atoms with Crippen LogP contribution >= 0.6 is 11.6 Å². The molecule has 1 aromatic carbocycles. The summed E-state index contributed by atoms with van der Waals surface area (Å²) in [5.41, 5.74) is 0.740. The average Bonchev–Trinajstić information content (AvgIpc) is 2.89. The number of ether oxygens (including phenoxy) is 2. The van der Waals surface area contributed by atoms with Crippen LogP contribution in [0.5, 0.6) is 5.75 Å². The van der Waals surface area contributed by atoms with Crippen molar-refractivity contribution < 1.29 is 14.6 Å². The van der Waals surface area contributed by atoms with Gasteiger partial charge in [0.05, 0.1) is 18.8 Å². The van der Waals surface area contributed by atoms with E-state index in [1.54, 1.807) is 19.1 Å². The molecule has 1 aromatic rings. The largest absolute Gasteiger partial charge is 0.493 e. The Labute approximate surface area is 119 Å². The highest BCUT2D eigenvalue weighted by Gasteiger charge is 2.15. The van der Waals surface area contributed by atoms with Crippen molar-refractivity contribution in [3.8, 4) is 5.75 Å². The lowest BCUT2D eigenvalue weighted by atomic mass is 10.1. The third-order valence-electron chi connectivity index (χ3n) is 3.37. The van der Waals surface area contributed by atoms with Gasteiger partial charge in [-0.25, -0.2) is 0 Å². The van der Waals surface area contributed by atoms with Crippen molar-refractivity contribution in [1.29, 1.82) is 0 Å². The van der Waals surface area contributed by atoms with Gasteiger partial charge in [0, 0.05) is 17.2 Å². The first-order chi connectivity index (χ1) is 9.16. The minimum Gasteiger partial charge on any atom is -0.493 e. The van der Waals surface area contributed by atoms with Gasteiger partial charge in [0.1, 0.15) is 5.75 Å². The van der Waals surface area contributed by atoms with E-state index in [4.69, 9.17) is 21.1 Å². The van der Waals surface area contributed by atoms with Crippen LogP contribution in [0.1, 0.15) is 44.3 Å². The number of hydrogen-bond acceptors (Lipinski definition) is 3. The zero-order chi connectivity index (χ0) is 13.7. The predicted molar refractivity (Wildman–Crippen MR) is 75.8 cm³/mol. The molecule has 0 radical (unpaired) electrons. The summed E-state index contributed by atoms with van der Waals surface area (Å²) in [7, 11) is 0. The molecule has 0 amide bonds. The summed E-state index contributed by atoms with van der Waals surface area (Å²) in [5, 5.41) is 10.3. The zero-order valence-corrected chi connectivity index (χ0v) is 12.0. The molecule has 1 aliphatic rings. The standard InChI is InChI=1S/C15H21ClO3/c1-11(17)14-10-12(16)6-7-15(14)19-9-3-5-13-4-2-8-18-13/h6-7,10-11,13,17H,2-5,8-9H2,1H3/t11-,13?/m0/s1. The lowest BCUT2D eigenvalue weighted by Crippen LogP contribution is -2.08. The highest BCUT2D eigenvalue weighted by atomic mass is 35.5. The molecule has 1 heterocycles. The summed E-state index contributed by atoms with van der Waals surface area (Å²) in [4.78, 5) is 0. The highest BCUT2D eigenvalue weighted by molar-refractivity contribution is 6.30. The number of benzene rings is 1. The van der Waals surface area contributed by atoms with Crippen LogP contribution in [0.2, 0.25) is 5.02 Å². The van der Waals surface area contributed by atoms with Gasteiger partial charge in [-0.05, 0) is 50.8 Å². The fourth-order valence-corrected chi connectivity index (χ4v) is 2.52. The Hall–Kier alpha value is -0.770. The molecule has 0 spiro atoms. The number of halogens is 1. The van der Waals surface area contributed by atoms with Crippen LogP contribution in [-0.2, 0) is 4.74 Å². The Kier molecular flexibility index (Phi) is 5.49. The van der Waals surface area contributed by atoms with Crippen molar-refractivity contribution in [2.45, 2.75) is 44.8 Å². The van der Waals surface area contributed by atoms with Crippen molar-refractivity contribution in [3.05, 3.63) is 28.8 Å². The van der Waals surface area contributed by atoms with Gasteiger partial charge in [-0.1, -0.05) is 11.6 Å². The third kappa shape index (κ3) is 4.37. The Morgan fingerprint density at radius 3 is 3.05 bits per heavy atom. The summed E-state index contributed by atoms with van der Waals surface area (Å²) in [5.74, 6) is 0.715. The van der Waals surface area contributed by atoms with E-state index in [9.17, 15) is 5.11 Å². The first-order valence-electron chi connectivity index (χ1n) is 6.88. The van der Waals surface area contributed by atoms with Crippen LogP contribution in [0.15, 0.2) is 18.2 Å². The Bertz CT molecular complexity index is 400. The molecule has 0 aliphatic carbocycles. The summed E-state index contributed by atoms with van der Waals surface area (Å²) >= 11 is 5.93. The molecule has 0 bridgehead atoms. The fraction of sp³-hybridized carbons (Fsp3) is 0.600. The van der Waals surface area contributed by atoms with Crippen LogP contribution in [0.25, 0.3) is 0 Å². The lowest BCUT2D eigenvalue weighted by Gasteiger charge is -2.14. The van der Waals surface area contributed by atoms with E-state index in [1.807, 2.05) is 6.07 Å². The second-order valence-corrected chi connectivity index (χ2v) is 5.42. The van der Waals surface area contributed by atoms with E-state index < -0.39 is 6.10 Å². The van der Waals surface area contributed by atoms with Crippen molar-refractivity contribution in [3.63, 3.8) is 0 Å². The van der Waals surface area contributed by atoms with Gasteiger partial charge in [-0.15, -0.1) is 0 Å². The molecule has 1 saturated heterocycles. The van der Waals surface area contributed by atoms with Crippen molar-refractivity contribution in [2.75, 3.05) is 13.2 Å². The predicted octanol–water partition coefficient (Wildman–Crippen LogP) is 3.73. The molecule has 106 valence electrons. The van der Waals surface area contributed by atoms with Gasteiger partial charge < -0.3 is 14.6 Å².